The van der Waals surface area contributed by atoms with E-state index in [9.17, 15) is 0 Å². The van der Waals surface area contributed by atoms with Crippen molar-refractivity contribution in [3.05, 3.63) is 52.4 Å². The summed E-state index contributed by atoms with van der Waals surface area (Å²) < 4.78 is 11.4. The Hall–Kier alpha value is -1.78. The molecule has 20 heavy (non-hydrogen) atoms. The monoisotopic (exact) mass is 287 g/mol. The van der Waals surface area contributed by atoms with Crippen molar-refractivity contribution in [2.75, 3.05) is 13.7 Å². The molecule has 1 N–H and O–H groups in total. The van der Waals surface area contributed by atoms with E-state index in [0.717, 1.165) is 33.9 Å². The van der Waals surface area contributed by atoms with Crippen molar-refractivity contribution >= 4 is 22.3 Å². The molecule has 2 aromatic heterocycles. The first kappa shape index (κ1) is 13.2. The van der Waals surface area contributed by atoms with E-state index in [1.165, 1.54) is 0 Å². The summed E-state index contributed by atoms with van der Waals surface area (Å²) in [5.74, 6) is 1.83. The average Bonchev–Trinajstić information content (AvgIpc) is 3.10. The van der Waals surface area contributed by atoms with Gasteiger partial charge in [-0.25, -0.2) is 0 Å². The van der Waals surface area contributed by atoms with Gasteiger partial charge < -0.3 is 14.5 Å². The second kappa shape index (κ2) is 5.69. The number of methoxy groups -OCH3 is 1. The van der Waals surface area contributed by atoms with Crippen molar-refractivity contribution in [3.8, 4) is 5.75 Å². The number of ether oxygens (including phenoxy) is 1. The highest BCUT2D eigenvalue weighted by atomic mass is 32.1. The van der Waals surface area contributed by atoms with Crippen molar-refractivity contribution in [2.45, 2.75) is 13.0 Å². The van der Waals surface area contributed by atoms with E-state index >= 15 is 0 Å². The molecule has 0 bridgehead atoms. The van der Waals surface area contributed by atoms with E-state index < -0.39 is 0 Å². The number of nitrogens with one attached hydrogen (secondary N) is 1. The van der Waals surface area contributed by atoms with E-state index in [2.05, 4.69) is 24.4 Å². The molecule has 0 aliphatic rings. The molecule has 0 radical (unpaired) electrons. The second-order valence-electron chi connectivity index (χ2n) is 4.53. The maximum absolute atomic E-state index is 5.99. The van der Waals surface area contributed by atoms with Gasteiger partial charge in [-0.3, -0.25) is 0 Å². The van der Waals surface area contributed by atoms with Gasteiger partial charge in [0, 0.05) is 5.39 Å². The molecule has 0 amide bonds. The minimum atomic E-state index is 0.0300. The van der Waals surface area contributed by atoms with Crippen LogP contribution in [0.15, 0.2) is 46.2 Å². The highest BCUT2D eigenvalue weighted by Crippen LogP contribution is 2.36. The topological polar surface area (TPSA) is 34.4 Å². The van der Waals surface area contributed by atoms with Crippen LogP contribution in [-0.4, -0.2) is 13.7 Å². The molecular weight excluding hydrogens is 270 g/mol. The van der Waals surface area contributed by atoms with E-state index in [1.807, 2.05) is 29.6 Å². The number of thiophene rings is 1. The summed E-state index contributed by atoms with van der Waals surface area (Å²) in [6.45, 7) is 2.96. The standard InChI is InChI=1S/C16H17NO2S/c1-3-17-15(16-13(18-2)8-9-20-16)14-10-11-6-4-5-7-12(11)19-14/h4-10,15,17H,3H2,1-2H3. The van der Waals surface area contributed by atoms with Gasteiger partial charge in [0.2, 0.25) is 0 Å². The third kappa shape index (κ3) is 2.32. The van der Waals surface area contributed by atoms with Gasteiger partial charge in [-0.15, -0.1) is 11.3 Å². The molecule has 0 spiro atoms. The summed E-state index contributed by atoms with van der Waals surface area (Å²) in [5.41, 5.74) is 0.918. The molecule has 3 rings (SSSR count). The lowest BCUT2D eigenvalue weighted by atomic mass is 10.1. The Bertz CT molecular complexity index is 668. The molecule has 4 heteroatoms. The Kier molecular flexibility index (Phi) is 3.76. The Morgan fingerprint density at radius 2 is 2.15 bits per heavy atom. The molecular formula is C16H17NO2S. The molecule has 3 aromatic rings. The van der Waals surface area contributed by atoms with Gasteiger partial charge in [0.15, 0.2) is 0 Å². The van der Waals surface area contributed by atoms with Gasteiger partial charge in [0.05, 0.1) is 12.0 Å². The number of furan rings is 1. The quantitative estimate of drug-likeness (QED) is 0.763. The summed E-state index contributed by atoms with van der Waals surface area (Å²) in [7, 11) is 1.70. The smallest absolute Gasteiger partial charge is 0.134 e. The lowest BCUT2D eigenvalue weighted by Crippen LogP contribution is -2.21. The van der Waals surface area contributed by atoms with Crippen LogP contribution in [0.5, 0.6) is 5.75 Å². The van der Waals surface area contributed by atoms with E-state index in [1.54, 1.807) is 18.4 Å². The van der Waals surface area contributed by atoms with Crippen LogP contribution in [0.25, 0.3) is 11.0 Å². The zero-order valence-corrected chi connectivity index (χ0v) is 12.4. The van der Waals surface area contributed by atoms with Gasteiger partial charge in [-0.2, -0.15) is 0 Å². The number of para-hydroxylation sites is 1. The second-order valence-corrected chi connectivity index (χ2v) is 5.48. The van der Waals surface area contributed by atoms with E-state index in [-0.39, 0.29) is 6.04 Å². The Morgan fingerprint density at radius 3 is 2.90 bits per heavy atom. The summed E-state index contributed by atoms with van der Waals surface area (Å²) in [6, 6.07) is 12.2. The van der Waals surface area contributed by atoms with Crippen molar-refractivity contribution in [1.82, 2.24) is 5.32 Å². The third-order valence-electron chi connectivity index (χ3n) is 3.28. The molecule has 0 aliphatic carbocycles. The van der Waals surface area contributed by atoms with Gasteiger partial charge in [0.1, 0.15) is 23.1 Å². The SMILES string of the molecule is CCNC(c1cc2ccccc2o1)c1sccc1OC. The first-order chi connectivity index (χ1) is 9.83. The summed E-state index contributed by atoms with van der Waals surface area (Å²) >= 11 is 1.68. The maximum atomic E-state index is 5.99. The predicted octanol–water partition coefficient (Wildman–Crippen LogP) is 4.20. The molecule has 0 fully saturated rings. The van der Waals surface area contributed by atoms with Gasteiger partial charge in [0.25, 0.3) is 0 Å². The summed E-state index contributed by atoms with van der Waals surface area (Å²) in [4.78, 5) is 1.15. The van der Waals surface area contributed by atoms with Crippen LogP contribution in [0.4, 0.5) is 0 Å². The van der Waals surface area contributed by atoms with E-state index in [4.69, 9.17) is 9.15 Å². The van der Waals surface area contributed by atoms with Crippen molar-refractivity contribution in [2.24, 2.45) is 0 Å². The molecule has 0 aliphatic heterocycles. The van der Waals surface area contributed by atoms with Crippen molar-refractivity contribution < 1.29 is 9.15 Å². The molecule has 1 atom stereocenters. The lowest BCUT2D eigenvalue weighted by Gasteiger charge is -2.15. The third-order valence-corrected chi connectivity index (χ3v) is 4.24. The molecule has 1 unspecified atom stereocenters. The van der Waals surface area contributed by atoms with Gasteiger partial charge in [-0.1, -0.05) is 25.1 Å². The number of rotatable bonds is 5. The van der Waals surface area contributed by atoms with Gasteiger partial charge >= 0.3 is 0 Å². The van der Waals surface area contributed by atoms with Gasteiger partial charge in [-0.05, 0) is 30.1 Å². The van der Waals surface area contributed by atoms with Crippen LogP contribution >= 0.6 is 11.3 Å². The lowest BCUT2D eigenvalue weighted by molar-refractivity contribution is 0.401. The minimum absolute atomic E-state index is 0.0300. The van der Waals surface area contributed by atoms with Crippen LogP contribution in [0, 0.1) is 0 Å². The molecule has 1 aromatic carbocycles. The molecule has 104 valence electrons. The maximum Gasteiger partial charge on any atom is 0.134 e. The Balaban J connectivity index is 2.05. The normalized spacial score (nSPS) is 12.7. The van der Waals surface area contributed by atoms with Crippen molar-refractivity contribution in [1.29, 1.82) is 0 Å². The first-order valence-electron chi connectivity index (χ1n) is 6.66. The van der Waals surface area contributed by atoms with Crippen LogP contribution in [-0.2, 0) is 0 Å². The van der Waals surface area contributed by atoms with Crippen molar-refractivity contribution in [3.63, 3.8) is 0 Å². The number of hydrogen-bond donors (Lipinski definition) is 1. The Morgan fingerprint density at radius 1 is 1.30 bits per heavy atom. The van der Waals surface area contributed by atoms with Crippen LogP contribution in [0.2, 0.25) is 0 Å². The fourth-order valence-corrected chi connectivity index (χ4v) is 3.30. The largest absolute Gasteiger partial charge is 0.496 e. The molecule has 3 nitrogen and oxygen atoms in total. The highest BCUT2D eigenvalue weighted by molar-refractivity contribution is 7.10. The number of fused-ring (bicyclic) bond motifs is 1. The first-order valence-corrected chi connectivity index (χ1v) is 7.54. The number of benzene rings is 1. The summed E-state index contributed by atoms with van der Waals surface area (Å²) in [6.07, 6.45) is 0. The fraction of sp³-hybridized carbons (Fsp3) is 0.250. The van der Waals surface area contributed by atoms with Crippen LogP contribution < -0.4 is 10.1 Å². The molecule has 2 heterocycles. The fourth-order valence-electron chi connectivity index (χ4n) is 2.36. The number of hydrogen-bond acceptors (Lipinski definition) is 4. The molecule has 0 saturated carbocycles. The highest BCUT2D eigenvalue weighted by Gasteiger charge is 2.22. The predicted molar refractivity (Wildman–Crippen MR) is 82.6 cm³/mol. The average molecular weight is 287 g/mol. The zero-order valence-electron chi connectivity index (χ0n) is 11.6. The molecule has 0 saturated heterocycles. The zero-order chi connectivity index (χ0) is 13.9. The minimum Gasteiger partial charge on any atom is -0.496 e. The summed E-state index contributed by atoms with van der Waals surface area (Å²) in [5, 5.41) is 6.64. The van der Waals surface area contributed by atoms with Crippen LogP contribution in [0.3, 0.4) is 0 Å². The van der Waals surface area contributed by atoms with E-state index in [0.29, 0.717) is 0 Å². The van der Waals surface area contributed by atoms with Crippen LogP contribution in [0.1, 0.15) is 23.6 Å². The Labute approximate surface area is 122 Å².